The fraction of sp³-hybridized carbons (Fsp3) is 0.273. The summed E-state index contributed by atoms with van der Waals surface area (Å²) in [7, 11) is 0. The molecule has 1 aliphatic heterocycles. The third kappa shape index (κ3) is 1.42. The maximum Gasteiger partial charge on any atom is 0.231 e. The first-order valence-corrected chi connectivity index (χ1v) is 4.71. The highest BCUT2D eigenvalue weighted by molar-refractivity contribution is 6.03. The first-order valence-electron chi connectivity index (χ1n) is 4.71. The number of hydrogen-bond acceptors (Lipinski definition) is 2. The number of anilines is 1. The molecule has 1 unspecified atom stereocenters. The Hall–Kier alpha value is -1.71. The SMILES string of the molecule is CC1C(=O)Nc2ccc(F)c(CC=O)c21. The van der Waals surface area contributed by atoms with Crippen molar-refractivity contribution in [1.29, 1.82) is 0 Å². The zero-order valence-corrected chi connectivity index (χ0v) is 8.21. The highest BCUT2D eigenvalue weighted by Crippen LogP contribution is 2.36. The molecule has 3 nitrogen and oxygen atoms in total. The Bertz CT molecular complexity index is 442. The van der Waals surface area contributed by atoms with Crippen LogP contribution in [0.2, 0.25) is 0 Å². The van der Waals surface area contributed by atoms with Crippen LogP contribution in [0.4, 0.5) is 10.1 Å². The molecule has 15 heavy (non-hydrogen) atoms. The van der Waals surface area contributed by atoms with Gasteiger partial charge in [0.15, 0.2) is 0 Å². The number of fused-ring (bicyclic) bond motifs is 1. The Morgan fingerprint density at radius 3 is 2.93 bits per heavy atom. The van der Waals surface area contributed by atoms with Crippen LogP contribution in [0.1, 0.15) is 24.0 Å². The Labute approximate surface area is 86.3 Å². The van der Waals surface area contributed by atoms with E-state index in [4.69, 9.17) is 0 Å². The molecule has 1 aromatic carbocycles. The molecule has 78 valence electrons. The van der Waals surface area contributed by atoms with E-state index in [2.05, 4.69) is 5.32 Å². The van der Waals surface area contributed by atoms with E-state index in [0.717, 1.165) is 0 Å². The summed E-state index contributed by atoms with van der Waals surface area (Å²) >= 11 is 0. The van der Waals surface area contributed by atoms with Gasteiger partial charge < -0.3 is 10.1 Å². The summed E-state index contributed by atoms with van der Waals surface area (Å²) in [4.78, 5) is 21.8. The monoisotopic (exact) mass is 207 g/mol. The molecule has 0 saturated carbocycles. The predicted molar refractivity (Wildman–Crippen MR) is 53.2 cm³/mol. The number of carbonyl (C=O) groups excluding carboxylic acids is 2. The molecule has 0 saturated heterocycles. The second-order valence-electron chi connectivity index (χ2n) is 3.57. The Morgan fingerprint density at radius 1 is 1.53 bits per heavy atom. The second kappa shape index (κ2) is 3.46. The molecule has 0 aromatic heterocycles. The molecule has 0 spiro atoms. The van der Waals surface area contributed by atoms with E-state index in [9.17, 15) is 14.0 Å². The summed E-state index contributed by atoms with van der Waals surface area (Å²) in [5, 5.41) is 2.65. The van der Waals surface area contributed by atoms with Gasteiger partial charge in [-0.1, -0.05) is 0 Å². The summed E-state index contributed by atoms with van der Waals surface area (Å²) in [6.45, 7) is 1.70. The van der Waals surface area contributed by atoms with Crippen LogP contribution < -0.4 is 5.32 Å². The van der Waals surface area contributed by atoms with Gasteiger partial charge in [-0.2, -0.15) is 0 Å². The second-order valence-corrected chi connectivity index (χ2v) is 3.57. The number of benzene rings is 1. The van der Waals surface area contributed by atoms with Crippen molar-refractivity contribution >= 4 is 17.9 Å². The average Bonchev–Trinajstić information content (AvgIpc) is 2.49. The maximum atomic E-state index is 13.4. The summed E-state index contributed by atoms with van der Waals surface area (Å²) < 4.78 is 13.4. The zero-order valence-electron chi connectivity index (χ0n) is 8.21. The van der Waals surface area contributed by atoms with Gasteiger partial charge in [-0.3, -0.25) is 4.79 Å². The molecular formula is C11H10FNO2. The number of rotatable bonds is 2. The van der Waals surface area contributed by atoms with Crippen molar-refractivity contribution < 1.29 is 14.0 Å². The molecule has 0 radical (unpaired) electrons. The van der Waals surface area contributed by atoms with Crippen molar-refractivity contribution in [3.8, 4) is 0 Å². The largest absolute Gasteiger partial charge is 0.325 e. The maximum absolute atomic E-state index is 13.4. The first-order chi connectivity index (χ1) is 7.15. The van der Waals surface area contributed by atoms with Crippen LogP contribution in [-0.4, -0.2) is 12.2 Å². The van der Waals surface area contributed by atoms with Crippen LogP contribution in [0.25, 0.3) is 0 Å². The van der Waals surface area contributed by atoms with E-state index < -0.39 is 5.82 Å². The van der Waals surface area contributed by atoms with Crippen molar-refractivity contribution in [3.63, 3.8) is 0 Å². The van der Waals surface area contributed by atoms with Gasteiger partial charge in [-0.15, -0.1) is 0 Å². The molecule has 1 aliphatic rings. The molecule has 1 amide bonds. The lowest BCUT2D eigenvalue weighted by Crippen LogP contribution is -2.09. The van der Waals surface area contributed by atoms with E-state index >= 15 is 0 Å². The molecule has 1 aromatic rings. The van der Waals surface area contributed by atoms with Crippen molar-refractivity contribution in [2.45, 2.75) is 19.3 Å². The number of hydrogen-bond donors (Lipinski definition) is 1. The standard InChI is InChI=1S/C11H10FNO2/c1-6-10-7(4-5-14)8(12)2-3-9(10)13-11(6)15/h2-3,5-6H,4H2,1H3,(H,13,15). The van der Waals surface area contributed by atoms with Crippen molar-refractivity contribution in [2.24, 2.45) is 0 Å². The number of amides is 1. The van der Waals surface area contributed by atoms with Crippen LogP contribution in [0.5, 0.6) is 0 Å². The summed E-state index contributed by atoms with van der Waals surface area (Å²) in [6.07, 6.45) is 0.655. The molecule has 1 N–H and O–H groups in total. The first kappa shape index (κ1) is 9.83. The molecule has 1 atom stereocenters. The minimum atomic E-state index is -0.427. The minimum absolute atomic E-state index is 0.00824. The Kier molecular flexibility index (Phi) is 2.26. The summed E-state index contributed by atoms with van der Waals surface area (Å²) in [5.74, 6) is -0.961. The smallest absolute Gasteiger partial charge is 0.231 e. The molecule has 2 rings (SSSR count). The third-order valence-electron chi connectivity index (χ3n) is 2.67. The lowest BCUT2D eigenvalue weighted by Gasteiger charge is -2.08. The average molecular weight is 207 g/mol. The van der Waals surface area contributed by atoms with Gasteiger partial charge in [-0.25, -0.2) is 4.39 Å². The quantitative estimate of drug-likeness (QED) is 0.749. The highest BCUT2D eigenvalue weighted by Gasteiger charge is 2.30. The van der Waals surface area contributed by atoms with E-state index in [1.807, 2.05) is 0 Å². The lowest BCUT2D eigenvalue weighted by atomic mass is 9.95. The lowest BCUT2D eigenvalue weighted by molar-refractivity contribution is -0.116. The number of halogens is 1. The van der Waals surface area contributed by atoms with Gasteiger partial charge in [0.2, 0.25) is 5.91 Å². The van der Waals surface area contributed by atoms with Crippen molar-refractivity contribution in [1.82, 2.24) is 0 Å². The molecular weight excluding hydrogens is 197 g/mol. The van der Waals surface area contributed by atoms with Crippen LogP contribution in [0, 0.1) is 5.82 Å². The summed E-state index contributed by atoms with van der Waals surface area (Å²) in [5.41, 5.74) is 1.56. The molecule has 1 heterocycles. The van der Waals surface area contributed by atoms with Crippen molar-refractivity contribution in [2.75, 3.05) is 5.32 Å². The fourth-order valence-electron chi connectivity index (χ4n) is 1.90. The molecule has 0 bridgehead atoms. The van der Waals surface area contributed by atoms with Crippen LogP contribution in [0.3, 0.4) is 0 Å². The van der Waals surface area contributed by atoms with E-state index in [0.29, 0.717) is 23.1 Å². The van der Waals surface area contributed by atoms with Crippen LogP contribution in [0.15, 0.2) is 12.1 Å². The topological polar surface area (TPSA) is 46.2 Å². The van der Waals surface area contributed by atoms with Crippen LogP contribution >= 0.6 is 0 Å². The number of carbonyl (C=O) groups is 2. The third-order valence-corrected chi connectivity index (χ3v) is 2.67. The van der Waals surface area contributed by atoms with Gasteiger partial charge in [0.1, 0.15) is 12.1 Å². The normalized spacial score (nSPS) is 18.5. The Morgan fingerprint density at radius 2 is 2.27 bits per heavy atom. The van der Waals surface area contributed by atoms with E-state index in [1.54, 1.807) is 6.92 Å². The molecule has 0 fully saturated rings. The summed E-state index contributed by atoms with van der Waals surface area (Å²) in [6, 6.07) is 2.80. The molecule has 4 heteroatoms. The zero-order chi connectivity index (χ0) is 11.0. The van der Waals surface area contributed by atoms with E-state index in [1.165, 1.54) is 12.1 Å². The van der Waals surface area contributed by atoms with Gasteiger partial charge in [-0.05, 0) is 24.6 Å². The minimum Gasteiger partial charge on any atom is -0.325 e. The fourth-order valence-corrected chi connectivity index (χ4v) is 1.90. The molecule has 0 aliphatic carbocycles. The highest BCUT2D eigenvalue weighted by atomic mass is 19.1. The van der Waals surface area contributed by atoms with Gasteiger partial charge in [0.25, 0.3) is 0 Å². The number of nitrogens with one attached hydrogen (secondary N) is 1. The van der Waals surface area contributed by atoms with Gasteiger partial charge >= 0.3 is 0 Å². The predicted octanol–water partition coefficient (Wildman–Crippen LogP) is 1.62. The van der Waals surface area contributed by atoms with Crippen molar-refractivity contribution in [3.05, 3.63) is 29.1 Å². The van der Waals surface area contributed by atoms with E-state index in [-0.39, 0.29) is 18.2 Å². The van der Waals surface area contributed by atoms with Gasteiger partial charge in [0, 0.05) is 17.7 Å². The number of aldehydes is 1. The van der Waals surface area contributed by atoms with Gasteiger partial charge in [0.05, 0.1) is 5.92 Å². The van der Waals surface area contributed by atoms with Crippen LogP contribution in [-0.2, 0) is 16.0 Å². The Balaban J connectivity index is 2.60.